The molecule has 3 N–H and O–H groups in total. The largest absolute Gasteiger partial charge is 0.378 e. The van der Waals surface area contributed by atoms with Gasteiger partial charge in [-0.25, -0.2) is 0 Å². The first-order valence-electron chi connectivity index (χ1n) is 11.6. The minimum Gasteiger partial charge on any atom is -0.378 e. The number of benzene rings is 2. The van der Waals surface area contributed by atoms with Gasteiger partial charge in [0.1, 0.15) is 0 Å². The lowest BCUT2D eigenvalue weighted by Gasteiger charge is -2.24. The minimum atomic E-state index is 0.0104. The average Bonchev–Trinajstić information content (AvgIpc) is 3.21. The van der Waals surface area contributed by atoms with Crippen LogP contribution in [0, 0.1) is 0 Å². The van der Waals surface area contributed by atoms with Crippen LogP contribution in [0.2, 0.25) is 0 Å². The van der Waals surface area contributed by atoms with E-state index in [9.17, 15) is 4.79 Å². The number of aromatic amines is 1. The number of fused-ring (bicyclic) bond motifs is 3. The van der Waals surface area contributed by atoms with Gasteiger partial charge in [-0.2, -0.15) is 0 Å². The van der Waals surface area contributed by atoms with Crippen molar-refractivity contribution >= 4 is 33.4 Å². The second-order valence-corrected chi connectivity index (χ2v) is 8.85. The Kier molecular flexibility index (Phi) is 5.56. The number of pyridine rings is 1. The van der Waals surface area contributed by atoms with Crippen LogP contribution in [0.5, 0.6) is 0 Å². The molecule has 1 atom stereocenters. The van der Waals surface area contributed by atoms with Crippen LogP contribution < -0.4 is 10.6 Å². The summed E-state index contributed by atoms with van der Waals surface area (Å²) in [6.07, 6.45) is 7.47. The molecule has 1 aliphatic rings. The molecule has 1 aliphatic carbocycles. The summed E-state index contributed by atoms with van der Waals surface area (Å²) in [6.45, 7) is 4.44. The van der Waals surface area contributed by atoms with Crippen molar-refractivity contribution in [3.63, 3.8) is 0 Å². The van der Waals surface area contributed by atoms with Gasteiger partial charge >= 0.3 is 0 Å². The Labute approximate surface area is 188 Å². The molecule has 4 aromatic rings. The summed E-state index contributed by atoms with van der Waals surface area (Å²) in [4.78, 5) is 19.6. The van der Waals surface area contributed by atoms with E-state index in [0.29, 0.717) is 6.54 Å². The molecule has 164 valence electrons. The zero-order chi connectivity index (χ0) is 22.1. The maximum atomic E-state index is 11.2. The maximum Gasteiger partial charge on any atom is 0.216 e. The van der Waals surface area contributed by atoms with E-state index in [4.69, 9.17) is 4.98 Å². The van der Waals surface area contributed by atoms with Crippen LogP contribution in [0.25, 0.3) is 21.8 Å². The fraction of sp³-hybridized carbons (Fsp3) is 0.333. The maximum absolute atomic E-state index is 11.2. The number of para-hydroxylation sites is 1. The number of aryl methyl sites for hydroxylation is 1. The lowest BCUT2D eigenvalue weighted by atomic mass is 9.92. The van der Waals surface area contributed by atoms with Crippen LogP contribution in [0.4, 0.5) is 5.69 Å². The van der Waals surface area contributed by atoms with Crippen molar-refractivity contribution in [1.29, 1.82) is 0 Å². The van der Waals surface area contributed by atoms with Crippen LogP contribution >= 0.6 is 0 Å². The molecular formula is C27H30N4O. The molecule has 1 amide bonds. The van der Waals surface area contributed by atoms with Crippen molar-refractivity contribution in [2.24, 2.45) is 0 Å². The highest BCUT2D eigenvalue weighted by Gasteiger charge is 2.20. The molecule has 5 nitrogen and oxygen atoms in total. The number of aromatic nitrogens is 2. The first kappa shape index (κ1) is 20.6. The highest BCUT2D eigenvalue weighted by atomic mass is 16.1. The molecule has 32 heavy (non-hydrogen) atoms. The van der Waals surface area contributed by atoms with E-state index in [1.165, 1.54) is 51.7 Å². The zero-order valence-corrected chi connectivity index (χ0v) is 18.8. The highest BCUT2D eigenvalue weighted by Crippen LogP contribution is 2.36. The Hall–Kier alpha value is -3.34. The first-order chi connectivity index (χ1) is 15.6. The number of hydrogen-bond donors (Lipinski definition) is 3. The molecule has 0 saturated carbocycles. The van der Waals surface area contributed by atoms with E-state index >= 15 is 0 Å². The lowest BCUT2D eigenvalue weighted by Crippen LogP contribution is -2.22. The molecule has 2 aromatic heterocycles. The lowest BCUT2D eigenvalue weighted by molar-refractivity contribution is -0.118. The molecule has 5 rings (SSSR count). The zero-order valence-electron chi connectivity index (χ0n) is 18.8. The summed E-state index contributed by atoms with van der Waals surface area (Å²) in [6, 6.07) is 15.3. The fourth-order valence-corrected chi connectivity index (χ4v) is 4.88. The molecule has 0 radical (unpaired) electrons. The number of hydrogen-bond acceptors (Lipinski definition) is 3. The van der Waals surface area contributed by atoms with Crippen LogP contribution in [0.15, 0.2) is 48.7 Å². The Bertz CT molecular complexity index is 1290. The average molecular weight is 427 g/mol. The summed E-state index contributed by atoms with van der Waals surface area (Å²) in [5.74, 6) is 0.0104. The number of nitrogens with zero attached hydrogens (tertiary/aromatic N) is 1. The molecular weight excluding hydrogens is 396 g/mol. The summed E-state index contributed by atoms with van der Waals surface area (Å²) in [7, 11) is 0. The fourth-order valence-electron chi connectivity index (χ4n) is 4.88. The van der Waals surface area contributed by atoms with Crippen LogP contribution in [0.3, 0.4) is 0 Å². The van der Waals surface area contributed by atoms with Gasteiger partial charge in [0.25, 0.3) is 0 Å². The smallest absolute Gasteiger partial charge is 0.216 e. The number of carbonyl (C=O) groups is 1. The Balaban J connectivity index is 1.47. The SMILES string of the molecule is CC(=O)NCCc1c[nH]c2ccc(C(C)Nc3c4c(nc5ccccc35)CCCC4)cc12. The Morgan fingerprint density at radius 2 is 1.97 bits per heavy atom. The molecule has 1 unspecified atom stereocenters. The summed E-state index contributed by atoms with van der Waals surface area (Å²) in [5.41, 5.74) is 8.58. The molecule has 0 spiro atoms. The summed E-state index contributed by atoms with van der Waals surface area (Å²) in [5, 5.41) is 9.18. The molecule has 0 saturated heterocycles. The van der Waals surface area contributed by atoms with E-state index in [2.05, 4.69) is 71.2 Å². The van der Waals surface area contributed by atoms with Crippen molar-refractivity contribution in [3.05, 3.63) is 71.0 Å². The third-order valence-electron chi connectivity index (χ3n) is 6.59. The number of anilines is 1. The van der Waals surface area contributed by atoms with Gasteiger partial charge < -0.3 is 15.6 Å². The second-order valence-electron chi connectivity index (χ2n) is 8.85. The molecule has 0 fully saturated rings. The van der Waals surface area contributed by atoms with Crippen molar-refractivity contribution in [3.8, 4) is 0 Å². The van der Waals surface area contributed by atoms with Crippen LogP contribution in [-0.2, 0) is 24.1 Å². The van der Waals surface area contributed by atoms with E-state index < -0.39 is 0 Å². The van der Waals surface area contributed by atoms with Crippen molar-refractivity contribution in [2.75, 3.05) is 11.9 Å². The Morgan fingerprint density at radius 1 is 1.12 bits per heavy atom. The number of amides is 1. The monoisotopic (exact) mass is 426 g/mol. The predicted octanol–water partition coefficient (Wildman–Crippen LogP) is 5.45. The van der Waals surface area contributed by atoms with Crippen molar-refractivity contribution in [1.82, 2.24) is 15.3 Å². The second kappa shape index (κ2) is 8.65. The van der Waals surface area contributed by atoms with Gasteiger partial charge in [0.05, 0.1) is 5.52 Å². The van der Waals surface area contributed by atoms with Gasteiger partial charge in [0.15, 0.2) is 0 Å². The highest BCUT2D eigenvalue weighted by molar-refractivity contribution is 5.94. The molecule has 0 bridgehead atoms. The third-order valence-corrected chi connectivity index (χ3v) is 6.59. The van der Waals surface area contributed by atoms with E-state index in [1.807, 2.05) is 0 Å². The molecule has 2 heterocycles. The van der Waals surface area contributed by atoms with E-state index in [-0.39, 0.29) is 11.9 Å². The normalized spacial score (nSPS) is 14.3. The molecule has 2 aromatic carbocycles. The Morgan fingerprint density at radius 3 is 2.84 bits per heavy atom. The van der Waals surface area contributed by atoms with Gasteiger partial charge in [-0.1, -0.05) is 24.3 Å². The minimum absolute atomic E-state index is 0.0104. The summed E-state index contributed by atoms with van der Waals surface area (Å²) < 4.78 is 0. The number of nitrogens with one attached hydrogen (secondary N) is 3. The van der Waals surface area contributed by atoms with Crippen molar-refractivity contribution < 1.29 is 4.79 Å². The molecule has 5 heteroatoms. The van der Waals surface area contributed by atoms with Gasteiger partial charge in [0.2, 0.25) is 5.91 Å². The van der Waals surface area contributed by atoms with Gasteiger partial charge in [-0.3, -0.25) is 9.78 Å². The third kappa shape index (κ3) is 3.95. The topological polar surface area (TPSA) is 69.8 Å². The van der Waals surface area contributed by atoms with E-state index in [1.54, 1.807) is 6.92 Å². The van der Waals surface area contributed by atoms with Crippen molar-refractivity contribution in [2.45, 2.75) is 52.0 Å². The van der Waals surface area contributed by atoms with Crippen LogP contribution in [-0.4, -0.2) is 22.4 Å². The summed E-state index contributed by atoms with van der Waals surface area (Å²) >= 11 is 0. The standard InChI is InChI=1S/C27H30N4O/c1-17(19-11-12-24-23(15-19)20(16-29-24)13-14-28-18(2)32)30-27-21-7-3-5-9-25(21)31-26-10-6-4-8-22(26)27/h3,5,7,9,11-12,15-17,29H,4,6,8,10,13-14H2,1-2H3,(H,28,32)(H,30,31). The molecule has 0 aliphatic heterocycles. The van der Waals surface area contributed by atoms with Gasteiger partial charge in [0, 0.05) is 53.4 Å². The van der Waals surface area contributed by atoms with Crippen LogP contribution in [0.1, 0.15) is 55.1 Å². The van der Waals surface area contributed by atoms with Gasteiger partial charge in [-0.15, -0.1) is 0 Å². The number of H-pyrrole nitrogens is 1. The first-order valence-corrected chi connectivity index (χ1v) is 11.6. The quantitative estimate of drug-likeness (QED) is 0.384. The van der Waals surface area contributed by atoms with E-state index in [0.717, 1.165) is 30.3 Å². The predicted molar refractivity (Wildman–Crippen MR) is 131 cm³/mol. The number of carbonyl (C=O) groups excluding carboxylic acids is 1. The van der Waals surface area contributed by atoms with Gasteiger partial charge in [-0.05, 0) is 73.9 Å². The number of rotatable bonds is 6.